The van der Waals surface area contributed by atoms with E-state index in [4.69, 9.17) is 4.74 Å². The van der Waals surface area contributed by atoms with Crippen LogP contribution in [-0.2, 0) is 19.4 Å². The lowest BCUT2D eigenvalue weighted by Gasteiger charge is -2.23. The summed E-state index contributed by atoms with van der Waals surface area (Å²) in [6.07, 6.45) is 4.74. The molecule has 0 amide bonds. The van der Waals surface area contributed by atoms with Crippen LogP contribution in [0.3, 0.4) is 0 Å². The van der Waals surface area contributed by atoms with Crippen molar-refractivity contribution >= 4 is 0 Å². The maximum absolute atomic E-state index is 9.42. The van der Waals surface area contributed by atoms with Crippen LogP contribution < -0.4 is 4.74 Å². The topological polar surface area (TPSA) is 29.5 Å². The first kappa shape index (κ1) is 10.5. The zero-order valence-corrected chi connectivity index (χ0v) is 9.47. The Bertz CT molecular complexity index is 369. The summed E-state index contributed by atoms with van der Waals surface area (Å²) in [7, 11) is 1.67. The lowest BCUT2D eigenvalue weighted by Crippen LogP contribution is -2.10. The van der Waals surface area contributed by atoms with E-state index in [1.165, 1.54) is 29.5 Å². The van der Waals surface area contributed by atoms with E-state index < -0.39 is 0 Å². The normalized spacial score (nSPS) is 14.9. The summed E-state index contributed by atoms with van der Waals surface area (Å²) in [5.41, 5.74) is 5.07. The molecule has 0 bridgehead atoms. The molecule has 1 aromatic carbocycles. The van der Waals surface area contributed by atoms with E-state index in [1.54, 1.807) is 7.11 Å². The van der Waals surface area contributed by atoms with Crippen LogP contribution in [0.4, 0.5) is 0 Å². The monoisotopic (exact) mass is 206 g/mol. The molecular weight excluding hydrogens is 188 g/mol. The van der Waals surface area contributed by atoms with Gasteiger partial charge in [-0.15, -0.1) is 0 Å². The first-order chi connectivity index (χ1) is 7.27. The smallest absolute Gasteiger partial charge is 0.124 e. The number of methoxy groups -OCH3 is 1. The third-order valence-electron chi connectivity index (χ3n) is 3.33. The van der Waals surface area contributed by atoms with Gasteiger partial charge in [-0.25, -0.2) is 0 Å². The Morgan fingerprint density at radius 3 is 2.53 bits per heavy atom. The lowest BCUT2D eigenvalue weighted by molar-refractivity contribution is 0.271. The molecule has 0 heterocycles. The SMILES string of the molecule is COc1cc(C)c2c(c1CO)CCCC2. The minimum atomic E-state index is 0.0891. The molecule has 1 aliphatic rings. The number of aryl methyl sites for hydroxylation is 1. The van der Waals surface area contributed by atoms with Crippen molar-refractivity contribution in [3.8, 4) is 5.75 Å². The largest absolute Gasteiger partial charge is 0.496 e. The van der Waals surface area contributed by atoms with Gasteiger partial charge in [0.15, 0.2) is 0 Å². The number of benzene rings is 1. The first-order valence-electron chi connectivity index (χ1n) is 5.57. The molecule has 0 radical (unpaired) electrons. The number of fused-ring (bicyclic) bond motifs is 1. The van der Waals surface area contributed by atoms with Crippen LogP contribution in [0, 0.1) is 6.92 Å². The molecule has 1 aromatic rings. The van der Waals surface area contributed by atoms with Crippen molar-refractivity contribution in [2.45, 2.75) is 39.2 Å². The Kier molecular flexibility index (Phi) is 2.96. The minimum absolute atomic E-state index is 0.0891. The van der Waals surface area contributed by atoms with Gasteiger partial charge in [0.1, 0.15) is 5.75 Å². The predicted molar refractivity (Wildman–Crippen MR) is 60.3 cm³/mol. The van der Waals surface area contributed by atoms with Gasteiger partial charge in [-0.2, -0.15) is 0 Å². The first-order valence-corrected chi connectivity index (χ1v) is 5.57. The van der Waals surface area contributed by atoms with Crippen molar-refractivity contribution < 1.29 is 9.84 Å². The molecule has 0 aliphatic heterocycles. The quantitative estimate of drug-likeness (QED) is 0.805. The second kappa shape index (κ2) is 4.23. The molecule has 0 saturated carbocycles. The number of aliphatic hydroxyl groups excluding tert-OH is 1. The van der Waals surface area contributed by atoms with Gasteiger partial charge < -0.3 is 9.84 Å². The molecule has 1 N–H and O–H groups in total. The molecule has 0 fully saturated rings. The second-order valence-electron chi connectivity index (χ2n) is 4.20. The molecule has 2 rings (SSSR count). The molecule has 82 valence electrons. The van der Waals surface area contributed by atoms with Crippen LogP contribution in [0.1, 0.15) is 35.1 Å². The number of hydrogen-bond donors (Lipinski definition) is 1. The van der Waals surface area contributed by atoms with Gasteiger partial charge in [-0.1, -0.05) is 0 Å². The van der Waals surface area contributed by atoms with Gasteiger partial charge in [0.05, 0.1) is 13.7 Å². The zero-order valence-electron chi connectivity index (χ0n) is 9.47. The highest BCUT2D eigenvalue weighted by Gasteiger charge is 2.18. The van der Waals surface area contributed by atoms with Crippen LogP contribution in [0.5, 0.6) is 5.75 Å². The van der Waals surface area contributed by atoms with E-state index >= 15 is 0 Å². The van der Waals surface area contributed by atoms with Gasteiger partial charge in [0.25, 0.3) is 0 Å². The molecule has 0 saturated heterocycles. The van der Waals surface area contributed by atoms with Crippen molar-refractivity contribution in [1.82, 2.24) is 0 Å². The molecule has 15 heavy (non-hydrogen) atoms. The Morgan fingerprint density at radius 1 is 1.27 bits per heavy atom. The van der Waals surface area contributed by atoms with Crippen molar-refractivity contribution in [1.29, 1.82) is 0 Å². The van der Waals surface area contributed by atoms with E-state index in [0.717, 1.165) is 24.2 Å². The summed E-state index contributed by atoms with van der Waals surface area (Å²) >= 11 is 0. The van der Waals surface area contributed by atoms with Crippen LogP contribution in [0.25, 0.3) is 0 Å². The third-order valence-corrected chi connectivity index (χ3v) is 3.33. The molecule has 1 aliphatic carbocycles. The fraction of sp³-hybridized carbons (Fsp3) is 0.538. The molecule has 0 unspecified atom stereocenters. The Hall–Kier alpha value is -1.02. The minimum Gasteiger partial charge on any atom is -0.496 e. The highest BCUT2D eigenvalue weighted by atomic mass is 16.5. The molecule has 0 spiro atoms. The maximum atomic E-state index is 9.42. The number of aliphatic hydroxyl groups is 1. The molecule has 0 atom stereocenters. The van der Waals surface area contributed by atoms with Gasteiger partial charge in [-0.05, 0) is 55.4 Å². The van der Waals surface area contributed by atoms with E-state index in [1.807, 2.05) is 0 Å². The van der Waals surface area contributed by atoms with E-state index in [0.29, 0.717) is 0 Å². The Morgan fingerprint density at radius 2 is 1.93 bits per heavy atom. The maximum Gasteiger partial charge on any atom is 0.124 e. The van der Waals surface area contributed by atoms with E-state index in [2.05, 4.69) is 13.0 Å². The van der Waals surface area contributed by atoms with Crippen molar-refractivity contribution in [2.24, 2.45) is 0 Å². The van der Waals surface area contributed by atoms with Crippen molar-refractivity contribution in [3.05, 3.63) is 28.3 Å². The summed E-state index contributed by atoms with van der Waals surface area (Å²) < 4.78 is 5.32. The van der Waals surface area contributed by atoms with E-state index in [-0.39, 0.29) is 6.61 Å². The molecular formula is C13H18O2. The summed E-state index contributed by atoms with van der Waals surface area (Å²) in [6.45, 7) is 2.22. The number of rotatable bonds is 2. The summed E-state index contributed by atoms with van der Waals surface area (Å²) in [5.74, 6) is 0.843. The van der Waals surface area contributed by atoms with Gasteiger partial charge >= 0.3 is 0 Å². The van der Waals surface area contributed by atoms with Crippen molar-refractivity contribution in [2.75, 3.05) is 7.11 Å². The highest BCUT2D eigenvalue weighted by molar-refractivity contribution is 5.50. The standard InChI is InChI=1S/C13H18O2/c1-9-7-13(15-2)12(8-14)11-6-4-3-5-10(9)11/h7,14H,3-6,8H2,1-2H3. The molecule has 2 heteroatoms. The fourth-order valence-corrected chi connectivity index (χ4v) is 2.55. The molecule has 0 aromatic heterocycles. The summed E-state index contributed by atoms with van der Waals surface area (Å²) in [5, 5.41) is 9.42. The lowest BCUT2D eigenvalue weighted by atomic mass is 9.85. The highest BCUT2D eigenvalue weighted by Crippen LogP contribution is 2.33. The van der Waals surface area contributed by atoms with Crippen molar-refractivity contribution in [3.63, 3.8) is 0 Å². The molecule has 2 nitrogen and oxygen atoms in total. The van der Waals surface area contributed by atoms with Gasteiger partial charge in [-0.3, -0.25) is 0 Å². The summed E-state index contributed by atoms with van der Waals surface area (Å²) in [4.78, 5) is 0. The number of ether oxygens (including phenoxy) is 1. The zero-order chi connectivity index (χ0) is 10.8. The Balaban J connectivity index is 2.59. The van der Waals surface area contributed by atoms with Gasteiger partial charge in [0, 0.05) is 5.56 Å². The predicted octanol–water partition coefficient (Wildman–Crippen LogP) is 2.37. The van der Waals surface area contributed by atoms with Crippen LogP contribution in [-0.4, -0.2) is 12.2 Å². The average molecular weight is 206 g/mol. The fourth-order valence-electron chi connectivity index (χ4n) is 2.55. The van der Waals surface area contributed by atoms with Crippen LogP contribution in [0.15, 0.2) is 6.07 Å². The third kappa shape index (κ3) is 1.74. The number of hydrogen-bond acceptors (Lipinski definition) is 2. The van der Waals surface area contributed by atoms with Crippen LogP contribution >= 0.6 is 0 Å². The second-order valence-corrected chi connectivity index (χ2v) is 4.20. The van der Waals surface area contributed by atoms with E-state index in [9.17, 15) is 5.11 Å². The summed E-state index contributed by atoms with van der Waals surface area (Å²) in [6, 6.07) is 2.05. The Labute approximate surface area is 90.9 Å². The van der Waals surface area contributed by atoms with Gasteiger partial charge in [0.2, 0.25) is 0 Å². The van der Waals surface area contributed by atoms with Crippen LogP contribution in [0.2, 0.25) is 0 Å². The average Bonchev–Trinajstić information content (AvgIpc) is 2.29.